The van der Waals surface area contributed by atoms with Crippen molar-refractivity contribution in [2.24, 2.45) is 0 Å². The fourth-order valence-corrected chi connectivity index (χ4v) is 2.14. The summed E-state index contributed by atoms with van der Waals surface area (Å²) in [5.41, 5.74) is -0.777. The van der Waals surface area contributed by atoms with Crippen molar-refractivity contribution in [2.45, 2.75) is 52.1 Å². The third-order valence-corrected chi connectivity index (χ3v) is 3.00. The summed E-state index contributed by atoms with van der Waals surface area (Å²) in [7, 11) is 0. The van der Waals surface area contributed by atoms with Gasteiger partial charge in [0, 0.05) is 11.0 Å². The van der Waals surface area contributed by atoms with Crippen molar-refractivity contribution < 1.29 is 17.8 Å². The van der Waals surface area contributed by atoms with Crippen molar-refractivity contribution in [3.05, 3.63) is 17.0 Å². The normalized spacial score (nSPS) is 13.4. The van der Waals surface area contributed by atoms with Crippen LogP contribution >= 0.6 is 0 Å². The Bertz CT molecular complexity index is 639. The highest BCUT2D eigenvalue weighted by Crippen LogP contribution is 2.39. The average molecular weight is 287 g/mol. The van der Waals surface area contributed by atoms with Crippen molar-refractivity contribution in [3.63, 3.8) is 0 Å². The zero-order chi connectivity index (χ0) is 15.3. The van der Waals surface area contributed by atoms with Gasteiger partial charge in [-0.3, -0.25) is 0 Å². The maximum atomic E-state index is 13.3. The molecule has 110 valence electrons. The minimum Gasteiger partial charge on any atom is -0.245 e. The molecule has 0 aliphatic carbocycles. The molecular formula is C13H16F3N3O. The van der Waals surface area contributed by atoms with Gasteiger partial charge in [0.25, 0.3) is 0 Å². The summed E-state index contributed by atoms with van der Waals surface area (Å²) in [6.07, 6.45) is -4.53. The Hall–Kier alpha value is -1.66. The number of nitrogens with zero attached hydrogens (tertiary/aromatic N) is 3. The van der Waals surface area contributed by atoms with Crippen LogP contribution in [0.5, 0.6) is 0 Å². The minimum atomic E-state index is -4.53. The molecule has 2 aromatic rings. The molecule has 0 radical (unpaired) electrons. The SMILES string of the molecule is CC(C)c1c(C(F)(F)F)nc(C(C)(C)C)c2nonc12. The van der Waals surface area contributed by atoms with Crippen LogP contribution in [0.2, 0.25) is 0 Å². The molecule has 2 aromatic heterocycles. The first-order valence-electron chi connectivity index (χ1n) is 6.27. The van der Waals surface area contributed by atoms with Gasteiger partial charge < -0.3 is 0 Å². The van der Waals surface area contributed by atoms with Crippen LogP contribution in [-0.2, 0) is 11.6 Å². The Balaban J connectivity index is 2.93. The van der Waals surface area contributed by atoms with Gasteiger partial charge in [-0.2, -0.15) is 13.2 Å². The molecule has 0 aliphatic heterocycles. The number of hydrogen-bond donors (Lipinski definition) is 0. The van der Waals surface area contributed by atoms with Gasteiger partial charge in [-0.05, 0) is 16.2 Å². The molecule has 0 saturated heterocycles. The number of pyridine rings is 1. The second-order valence-corrected chi connectivity index (χ2v) is 6.09. The minimum absolute atomic E-state index is 0.0294. The van der Waals surface area contributed by atoms with E-state index in [-0.39, 0.29) is 22.7 Å². The lowest BCUT2D eigenvalue weighted by Crippen LogP contribution is -2.21. The predicted octanol–water partition coefficient (Wildman–Crippen LogP) is 4.06. The van der Waals surface area contributed by atoms with Crippen LogP contribution in [-0.4, -0.2) is 15.3 Å². The van der Waals surface area contributed by atoms with Gasteiger partial charge in [0.2, 0.25) is 0 Å². The Morgan fingerprint density at radius 2 is 1.50 bits per heavy atom. The monoisotopic (exact) mass is 287 g/mol. The Labute approximate surface area is 114 Å². The van der Waals surface area contributed by atoms with Crippen LogP contribution in [0.25, 0.3) is 11.0 Å². The first kappa shape index (κ1) is 14.7. The smallest absolute Gasteiger partial charge is 0.245 e. The van der Waals surface area contributed by atoms with E-state index in [0.29, 0.717) is 5.52 Å². The molecule has 0 N–H and O–H groups in total. The van der Waals surface area contributed by atoms with Crippen LogP contribution < -0.4 is 0 Å². The number of fused-ring (bicyclic) bond motifs is 1. The zero-order valence-electron chi connectivity index (χ0n) is 12.0. The Kier molecular flexibility index (Phi) is 3.26. The molecule has 0 aromatic carbocycles. The quantitative estimate of drug-likeness (QED) is 0.793. The fourth-order valence-electron chi connectivity index (χ4n) is 2.14. The van der Waals surface area contributed by atoms with Crippen molar-refractivity contribution in [1.82, 2.24) is 15.3 Å². The number of alkyl halides is 3. The number of halogens is 3. The van der Waals surface area contributed by atoms with Gasteiger partial charge in [0.05, 0.1) is 5.69 Å². The molecule has 0 fully saturated rings. The molecule has 0 atom stereocenters. The summed E-state index contributed by atoms with van der Waals surface area (Å²) < 4.78 is 44.5. The summed E-state index contributed by atoms with van der Waals surface area (Å²) in [5, 5.41) is 7.40. The first-order chi connectivity index (χ1) is 9.03. The van der Waals surface area contributed by atoms with Crippen LogP contribution in [0.3, 0.4) is 0 Å². The Morgan fingerprint density at radius 1 is 0.950 bits per heavy atom. The molecule has 0 aliphatic rings. The molecule has 2 heterocycles. The zero-order valence-corrected chi connectivity index (χ0v) is 12.0. The standard InChI is InChI=1S/C13H16F3N3O/c1-6(2)7-8-9(19-20-18-8)11(12(3,4)5)17-10(7)13(14,15)16/h6H,1-5H3. The lowest BCUT2D eigenvalue weighted by atomic mass is 9.88. The summed E-state index contributed by atoms with van der Waals surface area (Å²) >= 11 is 0. The molecular weight excluding hydrogens is 271 g/mol. The van der Waals surface area contributed by atoms with E-state index in [0.717, 1.165) is 0 Å². The summed E-state index contributed by atoms with van der Waals surface area (Å²) in [4.78, 5) is 3.85. The van der Waals surface area contributed by atoms with Crippen molar-refractivity contribution in [1.29, 1.82) is 0 Å². The highest BCUT2D eigenvalue weighted by molar-refractivity contribution is 5.81. The molecule has 0 saturated carbocycles. The topological polar surface area (TPSA) is 51.8 Å². The van der Waals surface area contributed by atoms with Gasteiger partial charge in [0.15, 0.2) is 11.2 Å². The molecule has 0 spiro atoms. The molecule has 0 bridgehead atoms. The van der Waals surface area contributed by atoms with Crippen molar-refractivity contribution in [2.75, 3.05) is 0 Å². The van der Waals surface area contributed by atoms with Gasteiger partial charge in [0.1, 0.15) is 5.52 Å². The van der Waals surface area contributed by atoms with E-state index in [9.17, 15) is 13.2 Å². The molecule has 0 unspecified atom stereocenters. The van der Waals surface area contributed by atoms with Gasteiger partial charge >= 0.3 is 6.18 Å². The number of aromatic nitrogens is 3. The van der Waals surface area contributed by atoms with Gasteiger partial charge in [-0.15, -0.1) is 0 Å². The highest BCUT2D eigenvalue weighted by atomic mass is 19.4. The van der Waals surface area contributed by atoms with E-state index in [2.05, 4.69) is 19.9 Å². The van der Waals surface area contributed by atoms with Gasteiger partial charge in [-0.25, -0.2) is 9.61 Å². The lowest BCUT2D eigenvalue weighted by Gasteiger charge is -2.22. The van der Waals surface area contributed by atoms with E-state index in [1.54, 1.807) is 34.6 Å². The molecule has 2 rings (SSSR count). The predicted molar refractivity (Wildman–Crippen MR) is 67.4 cm³/mol. The highest BCUT2D eigenvalue weighted by Gasteiger charge is 2.40. The van der Waals surface area contributed by atoms with Crippen LogP contribution in [0.1, 0.15) is 57.5 Å². The fraction of sp³-hybridized carbons (Fsp3) is 0.615. The first-order valence-corrected chi connectivity index (χ1v) is 6.27. The van der Waals surface area contributed by atoms with E-state index in [1.165, 1.54) is 0 Å². The number of rotatable bonds is 1. The molecule has 0 amide bonds. The summed E-state index contributed by atoms with van der Waals surface area (Å²) in [6.45, 7) is 8.66. The second-order valence-electron chi connectivity index (χ2n) is 6.09. The molecule has 7 heteroatoms. The largest absolute Gasteiger partial charge is 0.433 e. The van der Waals surface area contributed by atoms with E-state index >= 15 is 0 Å². The van der Waals surface area contributed by atoms with Gasteiger partial charge in [-0.1, -0.05) is 34.6 Å². The van der Waals surface area contributed by atoms with E-state index < -0.39 is 17.3 Å². The summed E-state index contributed by atoms with van der Waals surface area (Å²) in [6, 6.07) is 0. The van der Waals surface area contributed by atoms with E-state index in [4.69, 9.17) is 0 Å². The third kappa shape index (κ3) is 2.36. The second kappa shape index (κ2) is 4.43. The average Bonchev–Trinajstić information content (AvgIpc) is 2.71. The van der Waals surface area contributed by atoms with Crippen LogP contribution in [0.15, 0.2) is 4.63 Å². The molecule has 20 heavy (non-hydrogen) atoms. The van der Waals surface area contributed by atoms with Crippen LogP contribution in [0, 0.1) is 0 Å². The van der Waals surface area contributed by atoms with Crippen LogP contribution in [0.4, 0.5) is 13.2 Å². The molecule has 4 nitrogen and oxygen atoms in total. The number of hydrogen-bond acceptors (Lipinski definition) is 4. The summed E-state index contributed by atoms with van der Waals surface area (Å²) in [5.74, 6) is -0.387. The van der Waals surface area contributed by atoms with E-state index in [1.807, 2.05) is 0 Å². The van der Waals surface area contributed by atoms with Crippen molar-refractivity contribution >= 4 is 11.0 Å². The Morgan fingerprint density at radius 3 is 1.95 bits per heavy atom. The lowest BCUT2D eigenvalue weighted by molar-refractivity contribution is -0.142. The third-order valence-electron chi connectivity index (χ3n) is 3.00. The maximum absolute atomic E-state index is 13.3. The maximum Gasteiger partial charge on any atom is 0.433 e. The van der Waals surface area contributed by atoms with Crippen molar-refractivity contribution in [3.8, 4) is 0 Å².